The molecule has 1 aromatic carbocycles. The molecular weight excluding hydrogens is 318 g/mol. The lowest BCUT2D eigenvalue weighted by molar-refractivity contribution is 0.969. The Morgan fingerprint density at radius 1 is 1.04 bits per heavy atom. The fraction of sp³-hybridized carbons (Fsp3) is 0.0526. The van der Waals surface area contributed by atoms with Crippen LogP contribution in [0.1, 0.15) is 16.7 Å². The molecule has 0 aliphatic carbocycles. The summed E-state index contributed by atoms with van der Waals surface area (Å²) >= 11 is 1.57. The fourth-order valence-electron chi connectivity index (χ4n) is 1.97. The van der Waals surface area contributed by atoms with Gasteiger partial charge in [-0.25, -0.2) is 0 Å². The molecule has 3 rings (SSSR count). The molecule has 0 spiro atoms. The molecule has 0 bridgehead atoms. The Labute approximate surface area is 144 Å². The van der Waals surface area contributed by atoms with E-state index in [2.05, 4.69) is 26.5 Å². The molecule has 2 N–H and O–H groups in total. The van der Waals surface area contributed by atoms with E-state index in [1.54, 1.807) is 42.7 Å². The lowest BCUT2D eigenvalue weighted by Crippen LogP contribution is -2.07. The van der Waals surface area contributed by atoms with Crippen molar-refractivity contribution in [1.82, 2.24) is 14.7 Å². The van der Waals surface area contributed by atoms with Gasteiger partial charge in [0.15, 0.2) is 0 Å². The highest BCUT2D eigenvalue weighted by molar-refractivity contribution is 7.97. The van der Waals surface area contributed by atoms with Crippen molar-refractivity contribution in [2.75, 3.05) is 0 Å². The van der Waals surface area contributed by atoms with Gasteiger partial charge in [-0.1, -0.05) is 11.8 Å². The average molecular weight is 333 g/mol. The Morgan fingerprint density at radius 3 is 2.58 bits per heavy atom. The first-order valence-electron chi connectivity index (χ1n) is 7.40. The van der Waals surface area contributed by atoms with E-state index in [4.69, 9.17) is 0 Å². The molecule has 118 valence electrons. The molecule has 3 aromatic rings. The fourth-order valence-corrected chi connectivity index (χ4v) is 2.65. The van der Waals surface area contributed by atoms with E-state index in [9.17, 15) is 4.79 Å². The molecule has 0 saturated heterocycles. The molecule has 2 heterocycles. The van der Waals surface area contributed by atoms with Gasteiger partial charge in [-0.15, -0.1) is 0 Å². The van der Waals surface area contributed by atoms with Gasteiger partial charge >= 0.3 is 0 Å². The highest BCUT2D eigenvalue weighted by atomic mass is 32.2. The Kier molecular flexibility index (Phi) is 5.46. The summed E-state index contributed by atoms with van der Waals surface area (Å²) in [4.78, 5) is 19.3. The molecule has 0 aliphatic heterocycles. The van der Waals surface area contributed by atoms with E-state index in [1.165, 1.54) is 5.56 Å². The second kappa shape index (κ2) is 8.16. The zero-order valence-corrected chi connectivity index (χ0v) is 13.6. The van der Waals surface area contributed by atoms with Crippen LogP contribution < -0.4 is 10.3 Å². The summed E-state index contributed by atoms with van der Waals surface area (Å²) in [7, 11) is 0. The van der Waals surface area contributed by atoms with Crippen LogP contribution in [0.4, 0.5) is 0 Å². The zero-order valence-electron chi connectivity index (χ0n) is 12.8. The first kappa shape index (κ1) is 16.1. The van der Waals surface area contributed by atoms with Crippen LogP contribution in [0.3, 0.4) is 0 Å². The molecule has 24 heavy (non-hydrogen) atoms. The van der Waals surface area contributed by atoms with E-state index in [0.29, 0.717) is 5.56 Å². The minimum Gasteiger partial charge on any atom is -0.328 e. The molecule has 0 fully saturated rings. The van der Waals surface area contributed by atoms with E-state index >= 15 is 0 Å². The van der Waals surface area contributed by atoms with Crippen LogP contribution in [-0.2, 0) is 6.54 Å². The Bertz CT molecular complexity index is 909. The predicted octanol–water partition coefficient (Wildman–Crippen LogP) is 2.97. The highest BCUT2D eigenvalue weighted by Crippen LogP contribution is 2.15. The number of hydrogen-bond acceptors (Lipinski definition) is 4. The predicted molar refractivity (Wildman–Crippen MR) is 96.4 cm³/mol. The molecule has 0 saturated carbocycles. The van der Waals surface area contributed by atoms with Gasteiger partial charge in [-0.05, 0) is 66.0 Å². The Morgan fingerprint density at radius 2 is 1.83 bits per heavy atom. The lowest BCUT2D eigenvalue weighted by Gasteiger charge is -2.04. The van der Waals surface area contributed by atoms with Crippen molar-refractivity contribution in [1.29, 1.82) is 0 Å². The number of aromatic nitrogens is 2. The van der Waals surface area contributed by atoms with E-state index in [0.717, 1.165) is 17.0 Å². The first-order valence-corrected chi connectivity index (χ1v) is 8.21. The van der Waals surface area contributed by atoms with Crippen LogP contribution in [0.25, 0.3) is 0 Å². The quantitative estimate of drug-likeness (QED) is 0.569. The second-order valence-corrected chi connectivity index (χ2v) is 5.93. The van der Waals surface area contributed by atoms with Crippen LogP contribution in [-0.4, -0.2) is 9.97 Å². The number of aromatic amines is 1. The van der Waals surface area contributed by atoms with Gasteiger partial charge in [0.1, 0.15) is 0 Å². The van der Waals surface area contributed by atoms with Crippen molar-refractivity contribution in [3.05, 3.63) is 94.2 Å². The summed E-state index contributed by atoms with van der Waals surface area (Å²) in [6.45, 7) is 0.769. The van der Waals surface area contributed by atoms with E-state index in [-0.39, 0.29) is 5.56 Å². The van der Waals surface area contributed by atoms with Gasteiger partial charge in [-0.2, -0.15) is 0 Å². The minimum atomic E-state index is -0.169. The third-order valence-corrected chi connectivity index (χ3v) is 4.03. The van der Waals surface area contributed by atoms with Gasteiger partial charge in [0.05, 0.1) is 5.56 Å². The number of nitrogens with one attached hydrogen (secondary N) is 2. The number of benzene rings is 1. The Hall–Kier alpha value is -2.81. The molecule has 0 radical (unpaired) electrons. The molecule has 5 heteroatoms. The number of H-pyrrole nitrogens is 1. The number of hydrogen-bond donors (Lipinski definition) is 2. The van der Waals surface area contributed by atoms with Crippen molar-refractivity contribution in [2.45, 2.75) is 11.4 Å². The third-order valence-electron chi connectivity index (χ3n) is 3.23. The van der Waals surface area contributed by atoms with Gasteiger partial charge in [0, 0.05) is 35.6 Å². The van der Waals surface area contributed by atoms with Crippen molar-refractivity contribution >= 4 is 11.9 Å². The van der Waals surface area contributed by atoms with Crippen LogP contribution in [0, 0.1) is 11.8 Å². The average Bonchev–Trinajstić information content (AvgIpc) is 2.63. The largest absolute Gasteiger partial charge is 0.328 e. The molecular formula is C19H15N3OS. The van der Waals surface area contributed by atoms with Crippen LogP contribution in [0.5, 0.6) is 0 Å². The number of rotatable bonds is 4. The third kappa shape index (κ3) is 4.59. The van der Waals surface area contributed by atoms with Crippen LogP contribution >= 0.6 is 11.9 Å². The smallest absolute Gasteiger partial charge is 0.263 e. The summed E-state index contributed by atoms with van der Waals surface area (Å²) in [5.74, 6) is 5.90. The van der Waals surface area contributed by atoms with Gasteiger partial charge < -0.3 is 4.98 Å². The summed E-state index contributed by atoms with van der Waals surface area (Å²) < 4.78 is 3.31. The van der Waals surface area contributed by atoms with Crippen LogP contribution in [0.2, 0.25) is 0 Å². The monoisotopic (exact) mass is 333 g/mol. The number of nitrogens with zero attached hydrogens (tertiary/aromatic N) is 1. The van der Waals surface area contributed by atoms with Crippen LogP contribution in [0.15, 0.2) is 76.8 Å². The molecule has 0 aliphatic rings. The Balaban J connectivity index is 1.58. The SMILES string of the molecule is O=c1[nH]cccc1C#Cc1ccc(SNCc2ccncc2)cc1. The summed E-state index contributed by atoms with van der Waals surface area (Å²) in [6, 6.07) is 15.3. The van der Waals surface area contributed by atoms with Crippen molar-refractivity contribution < 1.29 is 0 Å². The molecule has 0 amide bonds. The van der Waals surface area contributed by atoms with Crippen molar-refractivity contribution in [3.63, 3.8) is 0 Å². The van der Waals surface area contributed by atoms with E-state index in [1.807, 2.05) is 36.4 Å². The minimum absolute atomic E-state index is 0.169. The molecule has 4 nitrogen and oxygen atoms in total. The summed E-state index contributed by atoms with van der Waals surface area (Å²) in [5, 5.41) is 0. The first-order chi connectivity index (χ1) is 11.8. The number of pyridine rings is 2. The molecule has 0 unspecified atom stereocenters. The van der Waals surface area contributed by atoms with Crippen molar-refractivity contribution in [3.8, 4) is 11.8 Å². The molecule has 0 atom stereocenters. The van der Waals surface area contributed by atoms with Gasteiger partial charge in [0.2, 0.25) is 0 Å². The lowest BCUT2D eigenvalue weighted by atomic mass is 10.2. The summed E-state index contributed by atoms with van der Waals surface area (Å²) in [6.07, 6.45) is 5.17. The normalized spacial score (nSPS) is 10.0. The standard InChI is InChI=1S/C19H15N3OS/c23-19-17(2-1-11-21-19)6-3-15-4-7-18(8-5-15)24-22-14-16-9-12-20-13-10-16/h1-2,4-5,7-13,22H,14H2,(H,21,23). The van der Waals surface area contributed by atoms with Crippen molar-refractivity contribution in [2.24, 2.45) is 0 Å². The maximum atomic E-state index is 11.6. The zero-order chi connectivity index (χ0) is 16.6. The van der Waals surface area contributed by atoms with E-state index < -0.39 is 0 Å². The highest BCUT2D eigenvalue weighted by Gasteiger charge is 1.96. The maximum Gasteiger partial charge on any atom is 0.263 e. The maximum absolute atomic E-state index is 11.6. The topological polar surface area (TPSA) is 57.8 Å². The van der Waals surface area contributed by atoms with Gasteiger partial charge in [-0.3, -0.25) is 14.5 Å². The summed E-state index contributed by atoms with van der Waals surface area (Å²) in [5.41, 5.74) is 2.36. The molecule has 2 aromatic heterocycles. The van der Waals surface area contributed by atoms with Gasteiger partial charge in [0.25, 0.3) is 5.56 Å². The second-order valence-electron chi connectivity index (χ2n) is 4.97.